The van der Waals surface area contributed by atoms with Crippen LogP contribution in [-0.2, 0) is 6.61 Å². The molecule has 3 nitrogen and oxygen atoms in total. The monoisotopic (exact) mass is 394 g/mol. The second-order valence-electron chi connectivity index (χ2n) is 9.27. The molecule has 2 aliphatic heterocycles. The van der Waals surface area contributed by atoms with Crippen molar-refractivity contribution in [1.29, 1.82) is 0 Å². The second kappa shape index (κ2) is 8.08. The van der Waals surface area contributed by atoms with Gasteiger partial charge in [0.15, 0.2) is 0 Å². The Hall–Kier alpha value is -1.91. The minimum atomic E-state index is -0.162. The van der Waals surface area contributed by atoms with Gasteiger partial charge >= 0.3 is 0 Å². The van der Waals surface area contributed by atoms with Crippen LogP contribution in [0.25, 0.3) is 0 Å². The Labute approximate surface area is 173 Å². The largest absolute Gasteiger partial charge is 0.489 e. The number of ether oxygens (including phenoxy) is 1. The summed E-state index contributed by atoms with van der Waals surface area (Å²) in [5.74, 6) is 1.06. The van der Waals surface area contributed by atoms with Gasteiger partial charge in [0, 0.05) is 24.7 Å². The van der Waals surface area contributed by atoms with Crippen molar-refractivity contribution in [3.8, 4) is 5.75 Å². The van der Waals surface area contributed by atoms with E-state index in [1.807, 2.05) is 24.3 Å². The van der Waals surface area contributed by atoms with Crippen LogP contribution in [0.3, 0.4) is 0 Å². The molecule has 0 aromatic heterocycles. The van der Waals surface area contributed by atoms with E-state index in [1.54, 1.807) is 6.07 Å². The van der Waals surface area contributed by atoms with E-state index < -0.39 is 0 Å². The SMILES string of the molecule is Fc1ccc(OCc2ccccc2)c(C2CCN([C@@H]3CCC4(CNC4)C3)CC2)c1. The summed E-state index contributed by atoms with van der Waals surface area (Å²) in [7, 11) is 0. The zero-order chi connectivity index (χ0) is 19.7. The summed E-state index contributed by atoms with van der Waals surface area (Å²) in [6.07, 6.45) is 6.26. The summed E-state index contributed by atoms with van der Waals surface area (Å²) < 4.78 is 20.2. The molecule has 29 heavy (non-hydrogen) atoms. The Kier molecular flexibility index (Phi) is 5.31. The minimum absolute atomic E-state index is 0.162. The molecule has 1 aliphatic carbocycles. The number of benzene rings is 2. The number of halogens is 1. The van der Waals surface area contributed by atoms with E-state index >= 15 is 0 Å². The van der Waals surface area contributed by atoms with E-state index in [0.717, 1.165) is 48.8 Å². The van der Waals surface area contributed by atoms with Crippen molar-refractivity contribution in [3.05, 3.63) is 65.5 Å². The highest BCUT2D eigenvalue weighted by Gasteiger charge is 2.45. The van der Waals surface area contributed by atoms with E-state index in [9.17, 15) is 4.39 Å². The van der Waals surface area contributed by atoms with Crippen LogP contribution in [0.4, 0.5) is 4.39 Å². The van der Waals surface area contributed by atoms with Gasteiger partial charge in [-0.3, -0.25) is 0 Å². The molecule has 2 saturated heterocycles. The highest BCUT2D eigenvalue weighted by Crippen LogP contribution is 2.44. The van der Waals surface area contributed by atoms with E-state index in [0.29, 0.717) is 17.9 Å². The lowest BCUT2D eigenvalue weighted by molar-refractivity contribution is 0.120. The molecule has 4 heteroatoms. The average Bonchev–Trinajstić information content (AvgIpc) is 3.20. The minimum Gasteiger partial charge on any atom is -0.489 e. The van der Waals surface area contributed by atoms with Crippen molar-refractivity contribution in [2.75, 3.05) is 26.2 Å². The number of piperidine rings is 1. The highest BCUT2D eigenvalue weighted by molar-refractivity contribution is 5.37. The Morgan fingerprint density at radius 1 is 1.03 bits per heavy atom. The summed E-state index contributed by atoms with van der Waals surface area (Å²) in [6.45, 7) is 5.19. The first kappa shape index (κ1) is 19.1. The smallest absolute Gasteiger partial charge is 0.123 e. The number of likely N-dealkylation sites (tertiary alicyclic amines) is 1. The molecule has 0 amide bonds. The van der Waals surface area contributed by atoms with Gasteiger partial charge in [0.1, 0.15) is 18.2 Å². The second-order valence-corrected chi connectivity index (χ2v) is 9.27. The topological polar surface area (TPSA) is 24.5 Å². The van der Waals surface area contributed by atoms with Crippen molar-refractivity contribution < 1.29 is 9.13 Å². The molecular formula is C25H31FN2O. The van der Waals surface area contributed by atoms with Gasteiger partial charge in [-0.2, -0.15) is 0 Å². The quantitative estimate of drug-likeness (QED) is 0.794. The third-order valence-corrected chi connectivity index (χ3v) is 7.37. The van der Waals surface area contributed by atoms with Gasteiger partial charge in [0.2, 0.25) is 0 Å². The molecule has 1 saturated carbocycles. The van der Waals surface area contributed by atoms with Gasteiger partial charge in [-0.05, 0) is 80.3 Å². The standard InChI is InChI=1S/C25H31FN2O/c26-21-6-7-24(29-16-19-4-2-1-3-5-19)23(14-21)20-9-12-28(13-10-20)22-8-11-25(15-22)17-27-18-25/h1-7,14,20,22,27H,8-13,15-18H2/t22-/m1/s1. The molecule has 154 valence electrons. The Bertz CT molecular complexity index is 828. The van der Waals surface area contributed by atoms with Crippen LogP contribution in [0.1, 0.15) is 49.1 Å². The Morgan fingerprint density at radius 3 is 2.52 bits per heavy atom. The van der Waals surface area contributed by atoms with Crippen LogP contribution in [0.2, 0.25) is 0 Å². The third kappa shape index (κ3) is 4.06. The van der Waals surface area contributed by atoms with Crippen LogP contribution >= 0.6 is 0 Å². The Morgan fingerprint density at radius 2 is 1.83 bits per heavy atom. The van der Waals surface area contributed by atoms with Crippen LogP contribution in [0, 0.1) is 11.2 Å². The lowest BCUT2D eigenvalue weighted by Crippen LogP contribution is -2.52. The summed E-state index contributed by atoms with van der Waals surface area (Å²) >= 11 is 0. The molecule has 0 radical (unpaired) electrons. The summed E-state index contributed by atoms with van der Waals surface area (Å²) in [5, 5.41) is 3.46. The molecule has 2 heterocycles. The molecule has 2 aromatic rings. The lowest BCUT2D eigenvalue weighted by Gasteiger charge is -2.41. The molecule has 3 aliphatic rings. The zero-order valence-electron chi connectivity index (χ0n) is 17.1. The zero-order valence-corrected chi connectivity index (χ0v) is 17.1. The van der Waals surface area contributed by atoms with Crippen LogP contribution in [0.15, 0.2) is 48.5 Å². The van der Waals surface area contributed by atoms with Gasteiger partial charge in [-0.1, -0.05) is 30.3 Å². The van der Waals surface area contributed by atoms with E-state index in [1.165, 1.54) is 38.4 Å². The van der Waals surface area contributed by atoms with Gasteiger partial charge in [0.05, 0.1) is 0 Å². The van der Waals surface area contributed by atoms with Crippen molar-refractivity contribution in [2.24, 2.45) is 5.41 Å². The number of hydrogen-bond acceptors (Lipinski definition) is 3. The Balaban J connectivity index is 1.22. The normalized spacial score (nSPS) is 24.5. The first-order chi connectivity index (χ1) is 14.2. The molecule has 1 N–H and O–H groups in total. The number of hydrogen-bond donors (Lipinski definition) is 1. The fourth-order valence-corrected chi connectivity index (χ4v) is 5.57. The number of rotatable bonds is 5. The fourth-order valence-electron chi connectivity index (χ4n) is 5.57. The molecule has 0 bridgehead atoms. The van der Waals surface area contributed by atoms with Gasteiger partial charge < -0.3 is 15.0 Å². The number of nitrogens with zero attached hydrogens (tertiary/aromatic N) is 1. The van der Waals surface area contributed by atoms with Crippen molar-refractivity contribution in [1.82, 2.24) is 10.2 Å². The van der Waals surface area contributed by atoms with Crippen LogP contribution in [-0.4, -0.2) is 37.1 Å². The predicted molar refractivity (Wildman–Crippen MR) is 114 cm³/mol. The first-order valence-electron chi connectivity index (χ1n) is 11.1. The van der Waals surface area contributed by atoms with Gasteiger partial charge in [-0.15, -0.1) is 0 Å². The van der Waals surface area contributed by atoms with Gasteiger partial charge in [-0.25, -0.2) is 4.39 Å². The molecule has 0 unspecified atom stereocenters. The maximum Gasteiger partial charge on any atom is 0.123 e. The van der Waals surface area contributed by atoms with E-state index in [-0.39, 0.29) is 5.82 Å². The van der Waals surface area contributed by atoms with Crippen LogP contribution < -0.4 is 10.1 Å². The van der Waals surface area contributed by atoms with E-state index in [2.05, 4.69) is 22.3 Å². The maximum atomic E-state index is 14.0. The number of nitrogens with one attached hydrogen (secondary N) is 1. The van der Waals surface area contributed by atoms with Gasteiger partial charge in [0.25, 0.3) is 0 Å². The molecule has 1 atom stereocenters. The summed E-state index contributed by atoms with van der Waals surface area (Å²) in [4.78, 5) is 2.70. The molecule has 5 rings (SSSR count). The molecule has 1 spiro atoms. The van der Waals surface area contributed by atoms with E-state index in [4.69, 9.17) is 4.74 Å². The molecule has 2 aromatic carbocycles. The fraction of sp³-hybridized carbons (Fsp3) is 0.520. The lowest BCUT2D eigenvalue weighted by atomic mass is 9.80. The highest BCUT2D eigenvalue weighted by atomic mass is 19.1. The van der Waals surface area contributed by atoms with Crippen molar-refractivity contribution in [2.45, 2.75) is 50.7 Å². The van der Waals surface area contributed by atoms with Crippen molar-refractivity contribution >= 4 is 0 Å². The van der Waals surface area contributed by atoms with Crippen molar-refractivity contribution in [3.63, 3.8) is 0 Å². The molecule has 3 fully saturated rings. The maximum absolute atomic E-state index is 14.0. The third-order valence-electron chi connectivity index (χ3n) is 7.37. The predicted octanol–water partition coefficient (Wildman–Crippen LogP) is 4.73. The first-order valence-corrected chi connectivity index (χ1v) is 11.1. The van der Waals surface area contributed by atoms with Crippen LogP contribution in [0.5, 0.6) is 5.75 Å². The molecular weight excluding hydrogens is 363 g/mol. The average molecular weight is 395 g/mol. The summed E-state index contributed by atoms with van der Waals surface area (Å²) in [6, 6.07) is 16.0. The summed E-state index contributed by atoms with van der Waals surface area (Å²) in [5.41, 5.74) is 2.78.